The van der Waals surface area contributed by atoms with Gasteiger partial charge >= 0.3 is 5.97 Å². The first-order valence-corrected chi connectivity index (χ1v) is 7.49. The van der Waals surface area contributed by atoms with Gasteiger partial charge in [0.15, 0.2) is 0 Å². The first kappa shape index (κ1) is 16.6. The molecule has 0 saturated carbocycles. The molecule has 0 radical (unpaired) electrons. The molecule has 2 N–H and O–H groups in total. The lowest BCUT2D eigenvalue weighted by molar-refractivity contribution is -0.146. The Hall–Kier alpha value is -1.50. The van der Waals surface area contributed by atoms with Crippen molar-refractivity contribution in [3.05, 3.63) is 17.0 Å². The molecule has 1 rings (SSSR count). The van der Waals surface area contributed by atoms with Crippen molar-refractivity contribution in [3.8, 4) is 0 Å². The van der Waals surface area contributed by atoms with Crippen LogP contribution in [0.15, 0.2) is 4.52 Å². The summed E-state index contributed by atoms with van der Waals surface area (Å²) in [5.74, 6) is 0.258. The van der Waals surface area contributed by atoms with E-state index in [1.165, 1.54) is 18.7 Å². The molecular formula is C13H20N2O4S. The van der Waals surface area contributed by atoms with Gasteiger partial charge in [-0.1, -0.05) is 12.1 Å². The van der Waals surface area contributed by atoms with Crippen molar-refractivity contribution in [1.82, 2.24) is 10.5 Å². The van der Waals surface area contributed by atoms with Crippen LogP contribution in [0.1, 0.15) is 37.3 Å². The molecule has 7 heteroatoms. The number of nitrogens with one attached hydrogen (secondary N) is 1. The molecule has 0 aromatic carbocycles. The summed E-state index contributed by atoms with van der Waals surface area (Å²) in [5, 5.41) is 15.5. The van der Waals surface area contributed by atoms with Crippen molar-refractivity contribution in [2.75, 3.05) is 5.75 Å². The number of aryl methyl sites for hydroxylation is 2. The SMILES string of the molecule is CCC(C)(NC(=O)CSCc1c(C)noc1C)C(=O)O. The summed E-state index contributed by atoms with van der Waals surface area (Å²) in [6, 6.07) is 0. The van der Waals surface area contributed by atoms with Crippen molar-refractivity contribution in [3.63, 3.8) is 0 Å². The molecule has 0 aliphatic heterocycles. The average molecular weight is 300 g/mol. The highest BCUT2D eigenvalue weighted by atomic mass is 32.2. The Labute approximate surface area is 122 Å². The molecule has 0 spiro atoms. The third-order valence-electron chi connectivity index (χ3n) is 3.26. The molecule has 0 bridgehead atoms. The molecule has 20 heavy (non-hydrogen) atoms. The van der Waals surface area contributed by atoms with Gasteiger partial charge in [-0.05, 0) is 27.2 Å². The van der Waals surface area contributed by atoms with E-state index in [4.69, 9.17) is 9.63 Å². The van der Waals surface area contributed by atoms with Crippen LogP contribution in [0.25, 0.3) is 0 Å². The standard InChI is InChI=1S/C13H20N2O4S/c1-5-13(4,12(17)18)14-11(16)7-20-6-10-8(2)15-19-9(10)3/h5-7H2,1-4H3,(H,14,16)(H,17,18). The number of hydrogen-bond donors (Lipinski definition) is 2. The van der Waals surface area contributed by atoms with E-state index in [0.29, 0.717) is 12.2 Å². The third kappa shape index (κ3) is 4.00. The van der Waals surface area contributed by atoms with Crippen LogP contribution in [0.5, 0.6) is 0 Å². The zero-order valence-electron chi connectivity index (χ0n) is 12.1. The minimum absolute atomic E-state index is 0.201. The number of carboxylic acid groups (broad SMARTS) is 1. The van der Waals surface area contributed by atoms with E-state index in [9.17, 15) is 9.59 Å². The number of aromatic nitrogens is 1. The Balaban J connectivity index is 2.47. The summed E-state index contributed by atoms with van der Waals surface area (Å²) in [6.07, 6.45) is 0.336. The number of nitrogens with zero attached hydrogens (tertiary/aromatic N) is 1. The number of carbonyl (C=O) groups excluding carboxylic acids is 1. The van der Waals surface area contributed by atoms with Gasteiger partial charge in [0.05, 0.1) is 11.4 Å². The maximum absolute atomic E-state index is 11.8. The number of rotatable bonds is 7. The summed E-state index contributed by atoms with van der Waals surface area (Å²) in [6.45, 7) is 6.91. The molecule has 0 aliphatic rings. The summed E-state index contributed by atoms with van der Waals surface area (Å²) in [5.41, 5.74) is 0.597. The van der Waals surface area contributed by atoms with Gasteiger partial charge in [-0.3, -0.25) is 4.79 Å². The Morgan fingerprint density at radius 3 is 2.55 bits per heavy atom. The number of thioether (sulfide) groups is 1. The first-order chi connectivity index (χ1) is 9.30. The molecule has 1 aromatic rings. The van der Waals surface area contributed by atoms with Crippen LogP contribution in [0.4, 0.5) is 0 Å². The molecule has 1 unspecified atom stereocenters. The van der Waals surface area contributed by atoms with Crippen LogP contribution in [0.2, 0.25) is 0 Å². The van der Waals surface area contributed by atoms with Gasteiger partial charge in [0.1, 0.15) is 11.3 Å². The van der Waals surface area contributed by atoms with E-state index >= 15 is 0 Å². The van der Waals surface area contributed by atoms with Crippen molar-refractivity contribution in [2.24, 2.45) is 0 Å². The summed E-state index contributed by atoms with van der Waals surface area (Å²) in [7, 11) is 0. The van der Waals surface area contributed by atoms with Gasteiger partial charge in [-0.25, -0.2) is 4.79 Å². The Morgan fingerprint density at radius 2 is 2.10 bits per heavy atom. The van der Waals surface area contributed by atoms with E-state index < -0.39 is 11.5 Å². The van der Waals surface area contributed by atoms with Crippen LogP contribution in [-0.4, -0.2) is 33.4 Å². The fourth-order valence-electron chi connectivity index (χ4n) is 1.59. The van der Waals surface area contributed by atoms with Crippen molar-refractivity contribution in [1.29, 1.82) is 0 Å². The van der Waals surface area contributed by atoms with Crippen LogP contribution in [0, 0.1) is 13.8 Å². The zero-order chi connectivity index (χ0) is 15.3. The molecule has 6 nitrogen and oxygen atoms in total. The van der Waals surface area contributed by atoms with E-state index in [0.717, 1.165) is 17.0 Å². The van der Waals surface area contributed by atoms with Gasteiger partial charge < -0.3 is 14.9 Å². The van der Waals surface area contributed by atoms with Crippen LogP contribution >= 0.6 is 11.8 Å². The van der Waals surface area contributed by atoms with E-state index in [1.54, 1.807) is 6.92 Å². The first-order valence-electron chi connectivity index (χ1n) is 6.34. The maximum atomic E-state index is 11.8. The molecule has 1 aromatic heterocycles. The maximum Gasteiger partial charge on any atom is 0.329 e. The smallest absolute Gasteiger partial charge is 0.329 e. The molecule has 0 fully saturated rings. The summed E-state index contributed by atoms with van der Waals surface area (Å²) in [4.78, 5) is 22.9. The molecule has 1 amide bonds. The van der Waals surface area contributed by atoms with Gasteiger partial charge in [0.2, 0.25) is 5.91 Å². The largest absolute Gasteiger partial charge is 0.480 e. The number of carbonyl (C=O) groups is 2. The van der Waals surface area contributed by atoms with Gasteiger partial charge in [0, 0.05) is 11.3 Å². The minimum Gasteiger partial charge on any atom is -0.480 e. The molecule has 1 heterocycles. The lowest BCUT2D eigenvalue weighted by Crippen LogP contribution is -2.52. The molecule has 112 valence electrons. The normalized spacial score (nSPS) is 13.8. The number of hydrogen-bond acceptors (Lipinski definition) is 5. The number of aliphatic carboxylic acids is 1. The predicted molar refractivity (Wildman–Crippen MR) is 76.6 cm³/mol. The number of amides is 1. The fraction of sp³-hybridized carbons (Fsp3) is 0.615. The highest BCUT2D eigenvalue weighted by Crippen LogP contribution is 2.19. The minimum atomic E-state index is -1.21. The van der Waals surface area contributed by atoms with E-state index in [1.807, 2.05) is 13.8 Å². The van der Waals surface area contributed by atoms with E-state index in [-0.39, 0.29) is 11.7 Å². The predicted octanol–water partition coefficient (Wildman–Crippen LogP) is 1.89. The molecule has 0 aliphatic carbocycles. The number of carboxylic acids is 1. The summed E-state index contributed by atoms with van der Waals surface area (Å²) < 4.78 is 5.04. The molecule has 1 atom stereocenters. The second-order valence-electron chi connectivity index (χ2n) is 4.83. The molecule has 0 saturated heterocycles. The lowest BCUT2D eigenvalue weighted by Gasteiger charge is -2.24. The third-order valence-corrected chi connectivity index (χ3v) is 4.21. The summed E-state index contributed by atoms with van der Waals surface area (Å²) >= 11 is 1.41. The van der Waals surface area contributed by atoms with Crippen molar-refractivity contribution in [2.45, 2.75) is 45.4 Å². The second-order valence-corrected chi connectivity index (χ2v) is 5.82. The second kappa shape index (κ2) is 6.78. The lowest BCUT2D eigenvalue weighted by atomic mass is 9.99. The van der Waals surface area contributed by atoms with Gasteiger partial charge in [0.25, 0.3) is 0 Å². The van der Waals surface area contributed by atoms with Crippen molar-refractivity contribution < 1.29 is 19.2 Å². The highest BCUT2D eigenvalue weighted by molar-refractivity contribution is 7.99. The van der Waals surface area contributed by atoms with Gasteiger partial charge in [-0.15, -0.1) is 11.8 Å². The quantitative estimate of drug-likeness (QED) is 0.799. The van der Waals surface area contributed by atoms with Gasteiger partial charge in [-0.2, -0.15) is 0 Å². The Morgan fingerprint density at radius 1 is 1.45 bits per heavy atom. The Bertz CT molecular complexity index is 481. The molecular weight excluding hydrogens is 280 g/mol. The highest BCUT2D eigenvalue weighted by Gasteiger charge is 2.32. The monoisotopic (exact) mass is 300 g/mol. The zero-order valence-corrected chi connectivity index (χ0v) is 13.0. The van der Waals surface area contributed by atoms with Crippen LogP contribution in [0.3, 0.4) is 0 Å². The average Bonchev–Trinajstić information content (AvgIpc) is 2.69. The topological polar surface area (TPSA) is 92.4 Å². The van der Waals surface area contributed by atoms with E-state index in [2.05, 4.69) is 10.5 Å². The Kier molecular flexibility index (Phi) is 5.62. The fourth-order valence-corrected chi connectivity index (χ4v) is 2.57. The van der Waals surface area contributed by atoms with Crippen molar-refractivity contribution >= 4 is 23.6 Å². The van der Waals surface area contributed by atoms with Crippen LogP contribution < -0.4 is 5.32 Å². The van der Waals surface area contributed by atoms with Crippen LogP contribution in [-0.2, 0) is 15.3 Å².